The van der Waals surface area contributed by atoms with Gasteiger partial charge in [0.25, 0.3) is 0 Å². The van der Waals surface area contributed by atoms with Gasteiger partial charge in [-0.15, -0.1) is 0 Å². The molecule has 0 saturated heterocycles. The van der Waals surface area contributed by atoms with Crippen LogP contribution in [0.25, 0.3) is 5.65 Å². The first kappa shape index (κ1) is 14.2. The van der Waals surface area contributed by atoms with Crippen LogP contribution in [0.2, 0.25) is 0 Å². The first-order valence-corrected chi connectivity index (χ1v) is 7.09. The molecule has 21 heavy (non-hydrogen) atoms. The van der Waals surface area contributed by atoms with Gasteiger partial charge in [0, 0.05) is 24.4 Å². The number of aliphatic hydroxyl groups is 1. The number of imidazole rings is 1. The van der Waals surface area contributed by atoms with Gasteiger partial charge in [0.05, 0.1) is 10.2 Å². The Balaban J connectivity index is 1.93. The summed E-state index contributed by atoms with van der Waals surface area (Å²) in [5.74, 6) is -1.38. The molecule has 1 unspecified atom stereocenters. The molecule has 3 aromatic rings. The van der Waals surface area contributed by atoms with Gasteiger partial charge in [-0.3, -0.25) is 0 Å². The number of rotatable bonds is 3. The van der Waals surface area contributed by atoms with Crippen molar-refractivity contribution >= 4 is 21.6 Å². The number of nitrogens with zero attached hydrogens (tertiary/aromatic N) is 2. The predicted molar refractivity (Wildman–Crippen MR) is 77.9 cm³/mol. The molecular formula is C15H11BrF2N2O. The maximum Gasteiger partial charge on any atom is 0.143 e. The minimum Gasteiger partial charge on any atom is -0.386 e. The topological polar surface area (TPSA) is 37.5 Å². The van der Waals surface area contributed by atoms with Gasteiger partial charge in [-0.1, -0.05) is 6.07 Å². The SMILES string of the molecule is OC(Cc1c(F)ccc(Br)c1F)c1cn2ccccc2n1. The Kier molecular flexibility index (Phi) is 3.73. The van der Waals surface area contributed by atoms with Crippen molar-refractivity contribution in [1.82, 2.24) is 9.38 Å². The highest BCUT2D eigenvalue weighted by Gasteiger charge is 2.19. The molecule has 0 aliphatic heterocycles. The fourth-order valence-electron chi connectivity index (χ4n) is 2.17. The van der Waals surface area contributed by atoms with Crippen LogP contribution in [0.15, 0.2) is 47.2 Å². The minimum absolute atomic E-state index is 0.158. The third kappa shape index (κ3) is 2.69. The molecule has 1 atom stereocenters. The first-order chi connectivity index (χ1) is 10.1. The van der Waals surface area contributed by atoms with Gasteiger partial charge >= 0.3 is 0 Å². The number of benzene rings is 1. The second kappa shape index (κ2) is 5.54. The summed E-state index contributed by atoms with van der Waals surface area (Å²) >= 11 is 3.01. The Bertz CT molecular complexity index is 770. The smallest absolute Gasteiger partial charge is 0.143 e. The summed E-state index contributed by atoms with van der Waals surface area (Å²) in [5.41, 5.74) is 0.885. The van der Waals surface area contributed by atoms with Crippen molar-refractivity contribution in [2.75, 3.05) is 0 Å². The van der Waals surface area contributed by atoms with Crippen molar-refractivity contribution in [3.63, 3.8) is 0 Å². The Morgan fingerprint density at radius 2 is 2.05 bits per heavy atom. The molecule has 1 aromatic carbocycles. The van der Waals surface area contributed by atoms with Crippen LogP contribution in [-0.2, 0) is 6.42 Å². The summed E-state index contributed by atoms with van der Waals surface area (Å²) in [4.78, 5) is 4.25. The Hall–Kier alpha value is -1.79. The van der Waals surface area contributed by atoms with E-state index >= 15 is 0 Å². The van der Waals surface area contributed by atoms with E-state index in [0.29, 0.717) is 11.3 Å². The normalized spacial score (nSPS) is 12.8. The van der Waals surface area contributed by atoms with Gasteiger partial charge in [0.1, 0.15) is 23.4 Å². The fourth-order valence-corrected chi connectivity index (χ4v) is 2.54. The van der Waals surface area contributed by atoms with Crippen LogP contribution in [0.1, 0.15) is 17.4 Å². The molecule has 0 amide bonds. The lowest BCUT2D eigenvalue weighted by molar-refractivity contribution is 0.171. The molecule has 108 valence electrons. The van der Waals surface area contributed by atoms with E-state index in [1.807, 2.05) is 12.1 Å². The maximum atomic E-state index is 13.9. The molecule has 0 saturated carbocycles. The van der Waals surface area contributed by atoms with Crippen LogP contribution in [0.3, 0.4) is 0 Å². The molecule has 0 radical (unpaired) electrons. The highest BCUT2D eigenvalue weighted by Crippen LogP contribution is 2.26. The molecule has 0 fully saturated rings. The predicted octanol–water partition coefficient (Wildman–Crippen LogP) is 3.65. The first-order valence-electron chi connectivity index (χ1n) is 6.30. The Morgan fingerprint density at radius 3 is 2.81 bits per heavy atom. The zero-order chi connectivity index (χ0) is 15.0. The van der Waals surface area contributed by atoms with Crippen LogP contribution in [0.5, 0.6) is 0 Å². The summed E-state index contributed by atoms with van der Waals surface area (Å²) in [6, 6.07) is 7.91. The zero-order valence-corrected chi connectivity index (χ0v) is 12.4. The van der Waals surface area contributed by atoms with Crippen molar-refractivity contribution in [1.29, 1.82) is 0 Å². The Labute approximate surface area is 128 Å². The number of aromatic nitrogens is 2. The van der Waals surface area contributed by atoms with Gasteiger partial charge in [-0.25, -0.2) is 13.8 Å². The van der Waals surface area contributed by atoms with E-state index in [-0.39, 0.29) is 16.5 Å². The number of pyridine rings is 1. The maximum absolute atomic E-state index is 13.9. The van der Waals surface area contributed by atoms with Gasteiger partial charge < -0.3 is 9.51 Å². The van der Waals surface area contributed by atoms with Crippen molar-refractivity contribution in [2.45, 2.75) is 12.5 Å². The molecule has 2 heterocycles. The molecule has 3 rings (SSSR count). The molecule has 6 heteroatoms. The molecule has 0 spiro atoms. The number of aliphatic hydroxyl groups excluding tert-OH is 1. The summed E-state index contributed by atoms with van der Waals surface area (Å²) in [5, 5.41) is 10.2. The standard InChI is InChI=1S/C15H11BrF2N2O/c16-10-4-5-11(17)9(15(10)18)7-13(21)12-8-20-6-2-1-3-14(20)19-12/h1-6,8,13,21H,7H2. The lowest BCUT2D eigenvalue weighted by Gasteiger charge is -2.10. The van der Waals surface area contributed by atoms with E-state index in [1.165, 1.54) is 12.1 Å². The zero-order valence-electron chi connectivity index (χ0n) is 10.8. The summed E-state index contributed by atoms with van der Waals surface area (Å²) in [6.45, 7) is 0. The van der Waals surface area contributed by atoms with E-state index in [1.54, 1.807) is 22.9 Å². The minimum atomic E-state index is -1.08. The van der Waals surface area contributed by atoms with Gasteiger partial charge in [-0.2, -0.15) is 0 Å². The highest BCUT2D eigenvalue weighted by molar-refractivity contribution is 9.10. The van der Waals surface area contributed by atoms with E-state index < -0.39 is 17.7 Å². The van der Waals surface area contributed by atoms with E-state index in [2.05, 4.69) is 20.9 Å². The summed E-state index contributed by atoms with van der Waals surface area (Å²) in [7, 11) is 0. The molecule has 0 bridgehead atoms. The van der Waals surface area contributed by atoms with Crippen molar-refractivity contribution in [2.24, 2.45) is 0 Å². The van der Waals surface area contributed by atoms with Crippen molar-refractivity contribution in [3.05, 3.63) is 70.1 Å². The van der Waals surface area contributed by atoms with Gasteiger partial charge in [0.15, 0.2) is 0 Å². The van der Waals surface area contributed by atoms with E-state index in [9.17, 15) is 13.9 Å². The average Bonchev–Trinajstić information content (AvgIpc) is 2.91. The Morgan fingerprint density at radius 1 is 1.24 bits per heavy atom. The fraction of sp³-hybridized carbons (Fsp3) is 0.133. The second-order valence-corrected chi connectivity index (χ2v) is 5.53. The molecule has 3 nitrogen and oxygen atoms in total. The monoisotopic (exact) mass is 352 g/mol. The average molecular weight is 353 g/mol. The van der Waals surface area contributed by atoms with E-state index in [0.717, 1.165) is 0 Å². The largest absolute Gasteiger partial charge is 0.386 e. The van der Waals surface area contributed by atoms with Crippen molar-refractivity contribution in [3.8, 4) is 0 Å². The quantitative estimate of drug-likeness (QED) is 0.730. The molecular weight excluding hydrogens is 342 g/mol. The van der Waals surface area contributed by atoms with Crippen LogP contribution in [0.4, 0.5) is 8.78 Å². The summed E-state index contributed by atoms with van der Waals surface area (Å²) < 4.78 is 29.5. The van der Waals surface area contributed by atoms with Crippen LogP contribution in [-0.4, -0.2) is 14.5 Å². The number of fused-ring (bicyclic) bond motifs is 1. The third-order valence-corrected chi connectivity index (χ3v) is 3.87. The van der Waals surface area contributed by atoms with Crippen LogP contribution < -0.4 is 0 Å². The van der Waals surface area contributed by atoms with Crippen molar-refractivity contribution < 1.29 is 13.9 Å². The third-order valence-electron chi connectivity index (χ3n) is 3.26. The number of hydrogen-bond donors (Lipinski definition) is 1. The highest BCUT2D eigenvalue weighted by atomic mass is 79.9. The van der Waals surface area contributed by atoms with Gasteiger partial charge in [-0.05, 0) is 40.2 Å². The molecule has 0 aliphatic carbocycles. The van der Waals surface area contributed by atoms with Crippen LogP contribution in [0, 0.1) is 11.6 Å². The number of hydrogen-bond acceptors (Lipinski definition) is 2. The molecule has 0 aliphatic rings. The lowest BCUT2D eigenvalue weighted by atomic mass is 10.0. The molecule has 2 aromatic heterocycles. The molecule has 1 N–H and O–H groups in total. The van der Waals surface area contributed by atoms with Gasteiger partial charge in [0.2, 0.25) is 0 Å². The van der Waals surface area contributed by atoms with Crippen LogP contribution >= 0.6 is 15.9 Å². The summed E-state index contributed by atoms with van der Waals surface area (Å²) in [6.07, 6.45) is 2.18. The second-order valence-electron chi connectivity index (χ2n) is 4.67. The lowest BCUT2D eigenvalue weighted by Crippen LogP contribution is -2.06. The van der Waals surface area contributed by atoms with E-state index in [4.69, 9.17) is 0 Å². The number of halogens is 3.